The van der Waals surface area contributed by atoms with E-state index in [0.717, 1.165) is 61.5 Å². The van der Waals surface area contributed by atoms with Gasteiger partial charge in [-0.2, -0.15) is 6.07 Å². The van der Waals surface area contributed by atoms with E-state index in [4.69, 9.17) is 9.72 Å². The zero-order chi connectivity index (χ0) is 50.9. The van der Waals surface area contributed by atoms with Gasteiger partial charge >= 0.3 is 0 Å². The normalized spacial score (nSPS) is 13.1. The Kier molecular flexibility index (Phi) is 13.1. The largest absolute Gasteiger partial charge is 0.509 e. The summed E-state index contributed by atoms with van der Waals surface area (Å²) in [5.74, 6) is 2.00. The van der Waals surface area contributed by atoms with E-state index in [2.05, 4.69) is 266 Å². The summed E-state index contributed by atoms with van der Waals surface area (Å²) in [6.07, 6.45) is 1.84. The van der Waals surface area contributed by atoms with Gasteiger partial charge in [0.2, 0.25) is 0 Å². The van der Waals surface area contributed by atoms with E-state index < -0.39 is 0 Å². The molecule has 1 aliphatic rings. The first kappa shape index (κ1) is 50.3. The van der Waals surface area contributed by atoms with Crippen LogP contribution in [0.25, 0.3) is 38.8 Å². The number of ether oxygens (including phenoxy) is 1. The number of fused-ring (bicyclic) bond motifs is 4. The zero-order valence-electron chi connectivity index (χ0n) is 44.1. The molecular formula is C68H63N4OPt-3. The molecule has 0 saturated carbocycles. The maximum absolute atomic E-state index is 6.98. The van der Waals surface area contributed by atoms with Gasteiger partial charge in [-0.15, -0.1) is 53.6 Å². The Morgan fingerprint density at radius 1 is 0.446 bits per heavy atom. The first-order valence-electron chi connectivity index (χ1n) is 25.5. The second-order valence-corrected chi connectivity index (χ2v) is 22.7. The van der Waals surface area contributed by atoms with Crippen LogP contribution in [0.15, 0.2) is 194 Å². The third kappa shape index (κ3) is 9.37. The summed E-state index contributed by atoms with van der Waals surface area (Å²) in [5, 5.41) is 2.24. The molecule has 5 nitrogen and oxygen atoms in total. The quantitative estimate of drug-likeness (QED) is 0.128. The Morgan fingerprint density at radius 2 is 1.04 bits per heavy atom. The second-order valence-electron chi connectivity index (χ2n) is 22.7. The molecule has 0 unspecified atom stereocenters. The number of aromatic nitrogens is 2. The van der Waals surface area contributed by atoms with Crippen molar-refractivity contribution in [1.29, 1.82) is 0 Å². The molecule has 0 amide bonds. The third-order valence-electron chi connectivity index (χ3n) is 15.0. The molecule has 0 saturated heterocycles. The smallest absolute Gasteiger partial charge is 0.135 e. The first-order chi connectivity index (χ1) is 34.9. The minimum Gasteiger partial charge on any atom is -0.509 e. The first-order valence-corrected chi connectivity index (χ1v) is 25.5. The number of pyridine rings is 1. The molecule has 3 heterocycles. The monoisotopic (exact) mass is 1150 g/mol. The predicted molar refractivity (Wildman–Crippen MR) is 304 cm³/mol. The SMILES string of the molecule is CC(C)(C)c1ccc2c(c1)N(c1[c-]c(Oc3[c-]c4c(cc3)c3cc(C(C)(C)C)ccc3n4-c3ccccn3)cc(-c3ccccc3)c1)[CH-]N2c1cc(C(C)(C)c2ccccc2)cc(C(C)(C)c2ccccc2)c1.[Pt]. The molecule has 10 aromatic rings. The van der Waals surface area contributed by atoms with Gasteiger partial charge in [-0.25, -0.2) is 4.98 Å². The Bertz CT molecular complexity index is 3570. The molecule has 74 heavy (non-hydrogen) atoms. The van der Waals surface area contributed by atoms with Crippen molar-refractivity contribution in [3.8, 4) is 28.4 Å². The van der Waals surface area contributed by atoms with Crippen LogP contribution >= 0.6 is 0 Å². The second kappa shape index (κ2) is 19.3. The van der Waals surface area contributed by atoms with Crippen LogP contribution in [-0.2, 0) is 42.7 Å². The topological polar surface area (TPSA) is 33.5 Å². The van der Waals surface area contributed by atoms with Gasteiger partial charge in [-0.05, 0) is 97.6 Å². The van der Waals surface area contributed by atoms with Crippen LogP contribution in [0.5, 0.6) is 11.5 Å². The number of benzene rings is 8. The average Bonchev–Trinajstić information content (AvgIpc) is 3.95. The molecule has 6 heteroatoms. The predicted octanol–water partition coefficient (Wildman–Crippen LogP) is 17.9. The Balaban J connectivity index is 0.00000626. The van der Waals surface area contributed by atoms with Crippen molar-refractivity contribution in [2.75, 3.05) is 9.80 Å². The van der Waals surface area contributed by atoms with E-state index in [-0.39, 0.29) is 42.7 Å². The Hall–Kier alpha value is -7.20. The molecule has 2 aromatic heterocycles. The van der Waals surface area contributed by atoms with E-state index in [1.54, 1.807) is 0 Å². The maximum Gasteiger partial charge on any atom is 0.135 e. The summed E-state index contributed by atoms with van der Waals surface area (Å²) in [6, 6.07) is 75.2. The summed E-state index contributed by atoms with van der Waals surface area (Å²) in [6.45, 7) is 25.2. The van der Waals surface area contributed by atoms with Gasteiger partial charge in [-0.1, -0.05) is 196 Å². The van der Waals surface area contributed by atoms with Crippen molar-refractivity contribution in [2.24, 2.45) is 0 Å². The van der Waals surface area contributed by atoms with Crippen LogP contribution < -0.4 is 14.5 Å². The average molecular weight is 1150 g/mol. The van der Waals surface area contributed by atoms with Crippen LogP contribution in [-0.4, -0.2) is 9.55 Å². The van der Waals surface area contributed by atoms with Gasteiger partial charge < -0.3 is 19.1 Å². The van der Waals surface area contributed by atoms with Crippen molar-refractivity contribution in [1.82, 2.24) is 9.55 Å². The van der Waals surface area contributed by atoms with Crippen LogP contribution in [0.1, 0.15) is 103 Å². The van der Waals surface area contributed by atoms with Gasteiger partial charge in [0, 0.05) is 72.2 Å². The number of hydrogen-bond acceptors (Lipinski definition) is 4. The minimum atomic E-state index is -0.289. The van der Waals surface area contributed by atoms with Crippen LogP contribution in [0.3, 0.4) is 0 Å². The molecule has 8 aromatic carbocycles. The molecule has 0 fully saturated rings. The number of rotatable bonds is 10. The van der Waals surface area contributed by atoms with E-state index in [1.165, 1.54) is 33.4 Å². The fraction of sp³-hybridized carbons (Fsp3) is 0.206. The summed E-state index contributed by atoms with van der Waals surface area (Å²) in [7, 11) is 0. The van der Waals surface area contributed by atoms with Crippen molar-refractivity contribution >= 4 is 44.6 Å². The molecular weight excluding hydrogens is 1080 g/mol. The zero-order valence-corrected chi connectivity index (χ0v) is 46.3. The molecule has 11 rings (SSSR count). The van der Waals surface area contributed by atoms with E-state index >= 15 is 0 Å². The van der Waals surface area contributed by atoms with Crippen LogP contribution in [0.4, 0.5) is 22.7 Å². The van der Waals surface area contributed by atoms with Crippen molar-refractivity contribution in [3.63, 3.8) is 0 Å². The standard InChI is InChI=1S/C68H63N4O.Pt/c1-65(2,3)50-29-33-60-59(41-50)58-32-31-56(44-62(58)72(60)64-28-20-21-35-69-64)73-57-37-47(46-22-14-11-15-23-46)36-54(43-57)71-45-70(61-34-30-51(42-63(61)71)66(4,5)6)55-39-52(67(7,8)48-24-16-12-17-25-48)38-53(40-55)68(9,10)49-26-18-13-19-27-49;/h11-42,45H,1-10H3;/q-3;. The van der Waals surface area contributed by atoms with Gasteiger partial charge in [0.15, 0.2) is 0 Å². The molecule has 0 atom stereocenters. The molecule has 0 radical (unpaired) electrons. The summed E-state index contributed by atoms with van der Waals surface area (Å²) < 4.78 is 9.18. The van der Waals surface area contributed by atoms with Gasteiger partial charge in [0.05, 0.1) is 0 Å². The number of hydrogen-bond donors (Lipinski definition) is 0. The van der Waals surface area contributed by atoms with Gasteiger partial charge in [-0.3, -0.25) is 0 Å². The molecule has 0 bridgehead atoms. The minimum absolute atomic E-state index is 0. The van der Waals surface area contributed by atoms with Crippen molar-refractivity contribution < 1.29 is 25.8 Å². The molecule has 374 valence electrons. The van der Waals surface area contributed by atoms with E-state index in [1.807, 2.05) is 30.5 Å². The molecule has 0 spiro atoms. The van der Waals surface area contributed by atoms with Crippen LogP contribution in [0.2, 0.25) is 0 Å². The maximum atomic E-state index is 6.98. The van der Waals surface area contributed by atoms with Crippen LogP contribution in [0, 0.1) is 18.8 Å². The van der Waals surface area contributed by atoms with Crippen molar-refractivity contribution in [2.45, 2.75) is 90.9 Å². The summed E-state index contributed by atoms with van der Waals surface area (Å²) >= 11 is 0. The van der Waals surface area contributed by atoms with E-state index in [0.29, 0.717) is 11.5 Å². The summed E-state index contributed by atoms with van der Waals surface area (Å²) in [5.41, 5.74) is 15.0. The number of nitrogens with zero attached hydrogens (tertiary/aromatic N) is 4. The molecule has 0 N–H and O–H groups in total. The fourth-order valence-electron chi connectivity index (χ4n) is 10.3. The van der Waals surface area contributed by atoms with Gasteiger partial charge in [0.25, 0.3) is 0 Å². The number of anilines is 4. The Labute approximate surface area is 452 Å². The summed E-state index contributed by atoms with van der Waals surface area (Å²) in [4.78, 5) is 9.47. The molecule has 1 aliphatic heterocycles. The van der Waals surface area contributed by atoms with Gasteiger partial charge in [0.1, 0.15) is 5.82 Å². The van der Waals surface area contributed by atoms with E-state index in [9.17, 15) is 0 Å². The third-order valence-corrected chi connectivity index (χ3v) is 15.0. The Morgan fingerprint density at radius 3 is 1.65 bits per heavy atom. The van der Waals surface area contributed by atoms with Crippen molar-refractivity contribution in [3.05, 3.63) is 246 Å². The molecule has 0 aliphatic carbocycles. The fourth-order valence-corrected chi connectivity index (χ4v) is 10.3.